The molecule has 1 aromatic carbocycles. The van der Waals surface area contributed by atoms with Gasteiger partial charge in [0, 0.05) is 19.7 Å². The van der Waals surface area contributed by atoms with Crippen LogP contribution in [0.25, 0.3) is 0 Å². The van der Waals surface area contributed by atoms with Crippen LogP contribution < -0.4 is 14.8 Å². The SMILES string of the molecule is CCOC(C)CNCc1cc(Br)c2c(c1)OCO2. The maximum atomic E-state index is 5.46. The lowest BCUT2D eigenvalue weighted by Gasteiger charge is -2.13. The highest BCUT2D eigenvalue weighted by Crippen LogP contribution is 2.39. The van der Waals surface area contributed by atoms with E-state index in [1.54, 1.807) is 0 Å². The van der Waals surface area contributed by atoms with Crippen LogP contribution in [0.3, 0.4) is 0 Å². The standard InChI is InChI=1S/C13H18BrNO3/c1-3-16-9(2)6-15-7-10-4-11(14)13-12(5-10)17-8-18-13/h4-5,9,15H,3,6-8H2,1-2H3. The zero-order chi connectivity index (χ0) is 13.0. The first-order valence-corrected chi connectivity index (χ1v) is 6.90. The summed E-state index contributed by atoms with van der Waals surface area (Å²) in [4.78, 5) is 0. The first-order valence-electron chi connectivity index (χ1n) is 6.11. The van der Waals surface area contributed by atoms with Gasteiger partial charge < -0.3 is 19.5 Å². The highest BCUT2D eigenvalue weighted by molar-refractivity contribution is 9.10. The van der Waals surface area contributed by atoms with E-state index in [0.29, 0.717) is 6.79 Å². The van der Waals surface area contributed by atoms with Gasteiger partial charge in [-0.15, -0.1) is 0 Å². The van der Waals surface area contributed by atoms with Crippen molar-refractivity contribution in [3.63, 3.8) is 0 Å². The summed E-state index contributed by atoms with van der Waals surface area (Å²) >= 11 is 3.49. The van der Waals surface area contributed by atoms with Crippen LogP contribution in [0, 0.1) is 0 Å². The Labute approximate surface area is 116 Å². The summed E-state index contributed by atoms with van der Waals surface area (Å²) in [6, 6.07) is 4.05. The minimum Gasteiger partial charge on any atom is -0.454 e. The molecule has 18 heavy (non-hydrogen) atoms. The number of nitrogens with one attached hydrogen (secondary N) is 1. The maximum Gasteiger partial charge on any atom is 0.231 e. The first-order chi connectivity index (χ1) is 8.70. The molecule has 100 valence electrons. The lowest BCUT2D eigenvalue weighted by molar-refractivity contribution is 0.0759. The van der Waals surface area contributed by atoms with Gasteiger partial charge in [0.25, 0.3) is 0 Å². The molecule has 1 atom stereocenters. The van der Waals surface area contributed by atoms with Gasteiger partial charge in [0.1, 0.15) is 0 Å². The quantitative estimate of drug-likeness (QED) is 0.876. The van der Waals surface area contributed by atoms with Crippen LogP contribution in [0.15, 0.2) is 16.6 Å². The summed E-state index contributed by atoms with van der Waals surface area (Å²) in [6.07, 6.45) is 0.229. The fraction of sp³-hybridized carbons (Fsp3) is 0.538. The molecule has 0 spiro atoms. The van der Waals surface area contributed by atoms with Crippen LogP contribution in [-0.4, -0.2) is 26.0 Å². The lowest BCUT2D eigenvalue weighted by Crippen LogP contribution is -2.26. The highest BCUT2D eigenvalue weighted by atomic mass is 79.9. The van der Waals surface area contributed by atoms with E-state index in [1.165, 1.54) is 0 Å². The summed E-state index contributed by atoms with van der Waals surface area (Å²) in [6.45, 7) is 6.73. The molecular weight excluding hydrogens is 298 g/mol. The molecule has 1 N–H and O–H groups in total. The van der Waals surface area contributed by atoms with Gasteiger partial charge in [-0.3, -0.25) is 0 Å². The topological polar surface area (TPSA) is 39.7 Å². The van der Waals surface area contributed by atoms with Crippen molar-refractivity contribution in [2.45, 2.75) is 26.5 Å². The summed E-state index contributed by atoms with van der Waals surface area (Å²) in [5, 5.41) is 3.36. The van der Waals surface area contributed by atoms with Crippen molar-refractivity contribution in [2.24, 2.45) is 0 Å². The predicted molar refractivity (Wildman–Crippen MR) is 73.1 cm³/mol. The van der Waals surface area contributed by atoms with E-state index in [-0.39, 0.29) is 6.10 Å². The molecule has 0 saturated heterocycles. The average Bonchev–Trinajstić information content (AvgIpc) is 2.78. The smallest absolute Gasteiger partial charge is 0.231 e. The van der Waals surface area contributed by atoms with Gasteiger partial charge in [0.15, 0.2) is 11.5 Å². The highest BCUT2D eigenvalue weighted by Gasteiger charge is 2.17. The molecular formula is C13H18BrNO3. The van der Waals surface area contributed by atoms with E-state index in [0.717, 1.165) is 41.2 Å². The Bertz CT molecular complexity index is 411. The number of hydrogen-bond donors (Lipinski definition) is 1. The third-order valence-electron chi connectivity index (χ3n) is 2.70. The summed E-state index contributed by atoms with van der Waals surface area (Å²) in [5.41, 5.74) is 1.16. The second kappa shape index (κ2) is 6.41. The van der Waals surface area contributed by atoms with Gasteiger partial charge in [-0.05, 0) is 47.5 Å². The van der Waals surface area contributed by atoms with Crippen molar-refractivity contribution < 1.29 is 14.2 Å². The average molecular weight is 316 g/mol. The van der Waals surface area contributed by atoms with E-state index < -0.39 is 0 Å². The molecule has 1 aromatic rings. The molecule has 1 aliphatic rings. The third-order valence-corrected chi connectivity index (χ3v) is 3.29. The normalized spacial score (nSPS) is 14.8. The molecule has 0 radical (unpaired) electrons. The zero-order valence-corrected chi connectivity index (χ0v) is 12.2. The van der Waals surface area contributed by atoms with Crippen LogP contribution in [0.4, 0.5) is 0 Å². The van der Waals surface area contributed by atoms with Gasteiger partial charge in [-0.2, -0.15) is 0 Å². The van der Waals surface area contributed by atoms with Crippen LogP contribution in [0.2, 0.25) is 0 Å². The fourth-order valence-electron chi connectivity index (χ4n) is 1.89. The molecule has 0 bridgehead atoms. The number of benzene rings is 1. The third kappa shape index (κ3) is 3.37. The molecule has 1 heterocycles. The maximum absolute atomic E-state index is 5.46. The van der Waals surface area contributed by atoms with Crippen LogP contribution in [0.1, 0.15) is 19.4 Å². The zero-order valence-electron chi connectivity index (χ0n) is 10.7. The molecule has 0 aromatic heterocycles. The Morgan fingerprint density at radius 3 is 3.06 bits per heavy atom. The van der Waals surface area contributed by atoms with Crippen molar-refractivity contribution in [3.8, 4) is 11.5 Å². The number of fused-ring (bicyclic) bond motifs is 1. The van der Waals surface area contributed by atoms with E-state index >= 15 is 0 Å². The van der Waals surface area contributed by atoms with Gasteiger partial charge in [-0.25, -0.2) is 0 Å². The second-order valence-corrected chi connectivity index (χ2v) is 5.06. The first kappa shape index (κ1) is 13.6. The number of hydrogen-bond acceptors (Lipinski definition) is 4. The van der Waals surface area contributed by atoms with Crippen molar-refractivity contribution in [1.82, 2.24) is 5.32 Å². The van der Waals surface area contributed by atoms with E-state index in [1.807, 2.05) is 19.1 Å². The Morgan fingerprint density at radius 2 is 2.28 bits per heavy atom. The predicted octanol–water partition coefficient (Wildman–Crippen LogP) is 2.69. The van der Waals surface area contributed by atoms with E-state index in [9.17, 15) is 0 Å². The van der Waals surface area contributed by atoms with Gasteiger partial charge in [0.2, 0.25) is 6.79 Å². The summed E-state index contributed by atoms with van der Waals surface area (Å²) in [7, 11) is 0. The fourth-order valence-corrected chi connectivity index (χ4v) is 2.49. The number of halogens is 1. The second-order valence-electron chi connectivity index (χ2n) is 4.21. The van der Waals surface area contributed by atoms with Crippen molar-refractivity contribution in [3.05, 3.63) is 22.2 Å². The molecule has 4 nitrogen and oxygen atoms in total. The minimum atomic E-state index is 0.229. The monoisotopic (exact) mass is 315 g/mol. The molecule has 0 fully saturated rings. The van der Waals surface area contributed by atoms with Crippen LogP contribution >= 0.6 is 15.9 Å². The lowest BCUT2D eigenvalue weighted by atomic mass is 10.2. The van der Waals surface area contributed by atoms with Gasteiger partial charge in [-0.1, -0.05) is 0 Å². The van der Waals surface area contributed by atoms with Gasteiger partial charge >= 0.3 is 0 Å². The van der Waals surface area contributed by atoms with Crippen LogP contribution in [0.5, 0.6) is 11.5 Å². The molecule has 1 unspecified atom stereocenters. The van der Waals surface area contributed by atoms with Crippen molar-refractivity contribution in [2.75, 3.05) is 19.9 Å². The summed E-state index contributed by atoms with van der Waals surface area (Å²) < 4.78 is 17.1. The van der Waals surface area contributed by atoms with E-state index in [4.69, 9.17) is 14.2 Å². The van der Waals surface area contributed by atoms with Crippen molar-refractivity contribution >= 4 is 15.9 Å². The minimum absolute atomic E-state index is 0.229. The molecule has 0 saturated carbocycles. The Kier molecular flexibility index (Phi) is 4.86. The molecule has 5 heteroatoms. The Hall–Kier alpha value is -0.780. The van der Waals surface area contributed by atoms with Gasteiger partial charge in [0.05, 0.1) is 10.6 Å². The van der Waals surface area contributed by atoms with Crippen molar-refractivity contribution in [1.29, 1.82) is 0 Å². The Balaban J connectivity index is 1.88. The number of ether oxygens (including phenoxy) is 3. The molecule has 0 amide bonds. The van der Waals surface area contributed by atoms with E-state index in [2.05, 4.69) is 28.2 Å². The number of rotatable bonds is 6. The Morgan fingerprint density at radius 1 is 1.44 bits per heavy atom. The molecule has 0 aliphatic carbocycles. The summed E-state index contributed by atoms with van der Waals surface area (Å²) in [5.74, 6) is 1.60. The molecule has 1 aliphatic heterocycles. The largest absolute Gasteiger partial charge is 0.454 e. The molecule has 2 rings (SSSR count). The van der Waals surface area contributed by atoms with Crippen LogP contribution in [-0.2, 0) is 11.3 Å².